The molecule has 1 aliphatic rings. The van der Waals surface area contributed by atoms with Crippen LogP contribution in [0.25, 0.3) is 11.1 Å². The predicted molar refractivity (Wildman–Crippen MR) is 91.9 cm³/mol. The number of morpholine rings is 1. The highest BCUT2D eigenvalue weighted by Crippen LogP contribution is 2.39. The van der Waals surface area contributed by atoms with Gasteiger partial charge in [-0.25, -0.2) is 5.06 Å². The van der Waals surface area contributed by atoms with Crippen LogP contribution in [0.3, 0.4) is 0 Å². The van der Waals surface area contributed by atoms with E-state index in [-0.39, 0.29) is 5.91 Å². The topological polar surface area (TPSA) is 42.0 Å². The number of hydrogen-bond donors (Lipinski definition) is 0. The Morgan fingerprint density at radius 3 is 2.61 bits per heavy atom. The lowest BCUT2D eigenvalue weighted by Gasteiger charge is -2.28. The van der Waals surface area contributed by atoms with Gasteiger partial charge in [-0.1, -0.05) is 30.3 Å². The standard InChI is InChI=1S/C17H20N2O3S/c1-18(21-2)16(20)15-12-14(13-6-4-3-5-7-13)17(23-15)19-8-10-22-11-9-19/h3-7,12H,8-11H2,1-2H3. The summed E-state index contributed by atoms with van der Waals surface area (Å²) in [7, 11) is 3.12. The highest BCUT2D eigenvalue weighted by Gasteiger charge is 2.23. The van der Waals surface area contributed by atoms with Crippen molar-refractivity contribution in [2.75, 3.05) is 45.4 Å². The van der Waals surface area contributed by atoms with Crippen molar-refractivity contribution in [3.8, 4) is 11.1 Å². The Labute approximate surface area is 140 Å². The van der Waals surface area contributed by atoms with E-state index >= 15 is 0 Å². The molecule has 3 rings (SSSR count). The zero-order valence-electron chi connectivity index (χ0n) is 13.3. The quantitative estimate of drug-likeness (QED) is 0.808. The third kappa shape index (κ3) is 3.39. The molecule has 0 radical (unpaired) electrons. The molecule has 2 heterocycles. The van der Waals surface area contributed by atoms with Crippen molar-refractivity contribution in [1.82, 2.24) is 5.06 Å². The van der Waals surface area contributed by atoms with Gasteiger partial charge < -0.3 is 9.64 Å². The van der Waals surface area contributed by atoms with Gasteiger partial charge in [-0.3, -0.25) is 9.63 Å². The average Bonchev–Trinajstić information content (AvgIpc) is 3.07. The molecular formula is C17H20N2O3S. The molecule has 0 N–H and O–H groups in total. The van der Waals surface area contributed by atoms with Gasteiger partial charge in [0.05, 0.1) is 30.2 Å². The minimum atomic E-state index is -0.130. The molecule has 0 aliphatic carbocycles. The minimum Gasteiger partial charge on any atom is -0.378 e. The van der Waals surface area contributed by atoms with E-state index in [0.29, 0.717) is 18.1 Å². The number of rotatable bonds is 4. The molecular weight excluding hydrogens is 312 g/mol. The molecule has 0 saturated carbocycles. The van der Waals surface area contributed by atoms with Gasteiger partial charge in [-0.15, -0.1) is 11.3 Å². The van der Waals surface area contributed by atoms with Crippen molar-refractivity contribution in [1.29, 1.82) is 0 Å². The van der Waals surface area contributed by atoms with Crippen LogP contribution in [0, 0.1) is 0 Å². The molecule has 1 aromatic carbocycles. The lowest BCUT2D eigenvalue weighted by atomic mass is 10.1. The number of ether oxygens (including phenoxy) is 1. The summed E-state index contributed by atoms with van der Waals surface area (Å²) in [6.07, 6.45) is 0. The highest BCUT2D eigenvalue weighted by atomic mass is 32.1. The number of amides is 1. The van der Waals surface area contributed by atoms with Crippen LogP contribution in [0.2, 0.25) is 0 Å². The summed E-state index contributed by atoms with van der Waals surface area (Å²) < 4.78 is 5.44. The largest absolute Gasteiger partial charge is 0.378 e. The zero-order valence-corrected chi connectivity index (χ0v) is 14.1. The van der Waals surface area contributed by atoms with Crippen LogP contribution >= 0.6 is 11.3 Å². The van der Waals surface area contributed by atoms with Crippen LogP contribution in [0.1, 0.15) is 9.67 Å². The van der Waals surface area contributed by atoms with Crippen molar-refractivity contribution >= 4 is 22.2 Å². The summed E-state index contributed by atoms with van der Waals surface area (Å²) in [5.74, 6) is -0.130. The summed E-state index contributed by atoms with van der Waals surface area (Å²) in [6, 6.07) is 12.1. The van der Waals surface area contributed by atoms with Gasteiger partial charge in [-0.2, -0.15) is 0 Å². The smallest absolute Gasteiger partial charge is 0.287 e. The molecule has 6 heteroatoms. The molecule has 2 aromatic rings. The van der Waals surface area contributed by atoms with Crippen LogP contribution in [0.15, 0.2) is 36.4 Å². The van der Waals surface area contributed by atoms with Gasteiger partial charge in [0, 0.05) is 25.7 Å². The van der Waals surface area contributed by atoms with Gasteiger partial charge >= 0.3 is 0 Å². The van der Waals surface area contributed by atoms with E-state index < -0.39 is 0 Å². The first kappa shape index (κ1) is 16.0. The molecule has 0 bridgehead atoms. The van der Waals surface area contributed by atoms with Crippen LogP contribution < -0.4 is 4.90 Å². The normalized spacial score (nSPS) is 14.8. The summed E-state index contributed by atoms with van der Waals surface area (Å²) in [4.78, 5) is 20.4. The van der Waals surface area contributed by atoms with Gasteiger partial charge in [0.1, 0.15) is 0 Å². The summed E-state index contributed by atoms with van der Waals surface area (Å²) in [5, 5.41) is 2.37. The summed E-state index contributed by atoms with van der Waals surface area (Å²) in [6.45, 7) is 3.11. The van der Waals surface area contributed by atoms with E-state index in [4.69, 9.17) is 9.57 Å². The Kier molecular flexibility index (Phi) is 4.95. The third-order valence-corrected chi connectivity index (χ3v) is 5.05. The maximum Gasteiger partial charge on any atom is 0.287 e. The Morgan fingerprint density at radius 2 is 1.96 bits per heavy atom. The Bertz CT molecular complexity index is 666. The lowest BCUT2D eigenvalue weighted by molar-refractivity contribution is -0.0753. The second-order valence-corrected chi connectivity index (χ2v) is 6.31. The van der Waals surface area contributed by atoms with Gasteiger partial charge in [0.15, 0.2) is 0 Å². The molecule has 1 aliphatic heterocycles. The minimum absolute atomic E-state index is 0.130. The summed E-state index contributed by atoms with van der Waals surface area (Å²) >= 11 is 1.51. The van der Waals surface area contributed by atoms with Crippen molar-refractivity contribution < 1.29 is 14.4 Å². The van der Waals surface area contributed by atoms with E-state index in [0.717, 1.165) is 29.2 Å². The van der Waals surface area contributed by atoms with Crippen molar-refractivity contribution in [3.63, 3.8) is 0 Å². The maximum absolute atomic E-state index is 12.4. The lowest BCUT2D eigenvalue weighted by Crippen LogP contribution is -2.35. The van der Waals surface area contributed by atoms with E-state index in [1.54, 1.807) is 7.05 Å². The van der Waals surface area contributed by atoms with Crippen LogP contribution in [0.5, 0.6) is 0 Å². The molecule has 0 unspecified atom stereocenters. The number of hydroxylamine groups is 2. The monoisotopic (exact) mass is 332 g/mol. The van der Waals surface area contributed by atoms with Crippen molar-refractivity contribution in [2.24, 2.45) is 0 Å². The van der Waals surface area contributed by atoms with E-state index in [9.17, 15) is 4.79 Å². The number of anilines is 1. The number of carbonyl (C=O) groups is 1. The zero-order chi connectivity index (χ0) is 16.2. The summed E-state index contributed by atoms with van der Waals surface area (Å²) in [5.41, 5.74) is 2.20. The van der Waals surface area contributed by atoms with E-state index in [1.165, 1.54) is 23.5 Å². The van der Waals surface area contributed by atoms with Crippen molar-refractivity contribution in [2.45, 2.75) is 0 Å². The molecule has 1 aromatic heterocycles. The molecule has 23 heavy (non-hydrogen) atoms. The first-order valence-corrected chi connectivity index (χ1v) is 8.36. The van der Waals surface area contributed by atoms with Crippen LogP contribution in [0.4, 0.5) is 5.00 Å². The van der Waals surface area contributed by atoms with E-state index in [2.05, 4.69) is 17.0 Å². The molecule has 0 atom stereocenters. The average molecular weight is 332 g/mol. The Balaban J connectivity index is 2.01. The molecule has 1 saturated heterocycles. The fraction of sp³-hybridized carbons (Fsp3) is 0.353. The van der Waals surface area contributed by atoms with Crippen LogP contribution in [-0.4, -0.2) is 51.4 Å². The molecule has 122 valence electrons. The molecule has 0 spiro atoms. The predicted octanol–water partition coefficient (Wildman–Crippen LogP) is 2.89. The fourth-order valence-electron chi connectivity index (χ4n) is 2.55. The highest BCUT2D eigenvalue weighted by molar-refractivity contribution is 7.18. The number of thiophene rings is 1. The van der Waals surface area contributed by atoms with Gasteiger partial charge in [0.2, 0.25) is 0 Å². The second-order valence-electron chi connectivity index (χ2n) is 5.28. The van der Waals surface area contributed by atoms with Crippen LogP contribution in [-0.2, 0) is 9.57 Å². The van der Waals surface area contributed by atoms with E-state index in [1.807, 2.05) is 24.3 Å². The van der Waals surface area contributed by atoms with Gasteiger partial charge in [-0.05, 0) is 11.6 Å². The molecule has 1 fully saturated rings. The first-order valence-electron chi connectivity index (χ1n) is 7.55. The Hall–Kier alpha value is -1.89. The Morgan fingerprint density at radius 1 is 1.26 bits per heavy atom. The second kappa shape index (κ2) is 7.12. The van der Waals surface area contributed by atoms with Crippen molar-refractivity contribution in [3.05, 3.63) is 41.3 Å². The first-order chi connectivity index (χ1) is 11.2. The maximum atomic E-state index is 12.4. The number of nitrogens with zero attached hydrogens (tertiary/aromatic N) is 2. The third-order valence-electron chi connectivity index (χ3n) is 3.87. The SMILES string of the molecule is CON(C)C(=O)c1cc(-c2ccccc2)c(N2CCOCC2)s1. The molecule has 5 nitrogen and oxygen atoms in total. The number of benzene rings is 1. The number of hydrogen-bond acceptors (Lipinski definition) is 5. The number of carbonyl (C=O) groups excluding carboxylic acids is 1. The fourth-order valence-corrected chi connectivity index (χ4v) is 3.75. The van der Waals surface area contributed by atoms with Gasteiger partial charge in [0.25, 0.3) is 5.91 Å². The molecule has 1 amide bonds.